The van der Waals surface area contributed by atoms with Crippen molar-refractivity contribution in [1.29, 1.82) is 0 Å². The molecule has 0 aliphatic carbocycles. The summed E-state index contributed by atoms with van der Waals surface area (Å²) >= 11 is 0. The third-order valence-electron chi connectivity index (χ3n) is 4.52. The van der Waals surface area contributed by atoms with Crippen LogP contribution in [0.4, 0.5) is 0 Å². The molecule has 126 valence electrons. The standard InChI is InChI=1S/C21H42/c1-5-7-8-9-10-11-12-13-14-15-16-18-21(17-6-2)19-20(3)4/h6,20-21H,2,5,7-19H2,1,3-4H3. The van der Waals surface area contributed by atoms with Gasteiger partial charge in [-0.3, -0.25) is 0 Å². The summed E-state index contributed by atoms with van der Waals surface area (Å²) in [7, 11) is 0. The van der Waals surface area contributed by atoms with Crippen LogP contribution in [-0.4, -0.2) is 0 Å². The SMILES string of the molecule is C=CCC(CCCCCCCCCCCCC)CC(C)C. The van der Waals surface area contributed by atoms with Gasteiger partial charge in [-0.05, 0) is 24.7 Å². The van der Waals surface area contributed by atoms with Crippen LogP contribution in [0.2, 0.25) is 0 Å². The Morgan fingerprint density at radius 1 is 0.762 bits per heavy atom. The van der Waals surface area contributed by atoms with Crippen LogP contribution in [0.25, 0.3) is 0 Å². The van der Waals surface area contributed by atoms with Crippen molar-refractivity contribution >= 4 is 0 Å². The highest BCUT2D eigenvalue weighted by Gasteiger charge is 2.08. The summed E-state index contributed by atoms with van der Waals surface area (Å²) in [6, 6.07) is 0. The molecule has 0 spiro atoms. The minimum absolute atomic E-state index is 0.836. The molecule has 0 aliphatic heterocycles. The van der Waals surface area contributed by atoms with Gasteiger partial charge in [-0.2, -0.15) is 0 Å². The molecule has 0 nitrogen and oxygen atoms in total. The van der Waals surface area contributed by atoms with Gasteiger partial charge in [0.1, 0.15) is 0 Å². The Hall–Kier alpha value is -0.260. The number of allylic oxidation sites excluding steroid dienone is 1. The molecule has 0 heterocycles. The van der Waals surface area contributed by atoms with Crippen LogP contribution < -0.4 is 0 Å². The molecule has 0 saturated heterocycles. The van der Waals surface area contributed by atoms with Crippen molar-refractivity contribution in [2.45, 2.75) is 111 Å². The van der Waals surface area contributed by atoms with E-state index in [0.29, 0.717) is 0 Å². The molecule has 0 heteroatoms. The molecule has 0 aromatic carbocycles. The third kappa shape index (κ3) is 15.9. The highest BCUT2D eigenvalue weighted by atomic mass is 14.1. The van der Waals surface area contributed by atoms with Gasteiger partial charge in [0.15, 0.2) is 0 Å². The number of hydrogen-bond donors (Lipinski definition) is 0. The lowest BCUT2D eigenvalue weighted by molar-refractivity contribution is 0.373. The zero-order chi connectivity index (χ0) is 15.8. The molecule has 1 unspecified atom stereocenters. The van der Waals surface area contributed by atoms with Crippen LogP contribution in [0.5, 0.6) is 0 Å². The maximum Gasteiger partial charge on any atom is -0.0325 e. The van der Waals surface area contributed by atoms with Gasteiger partial charge in [0, 0.05) is 0 Å². The molecule has 0 radical (unpaired) electrons. The molecule has 0 saturated carbocycles. The van der Waals surface area contributed by atoms with E-state index >= 15 is 0 Å². The maximum absolute atomic E-state index is 3.91. The second-order valence-corrected chi connectivity index (χ2v) is 7.34. The maximum atomic E-state index is 3.91. The summed E-state index contributed by atoms with van der Waals surface area (Å²) in [6.07, 6.45) is 22.0. The fourth-order valence-corrected chi connectivity index (χ4v) is 3.33. The average Bonchev–Trinajstić information content (AvgIpc) is 2.44. The molecule has 21 heavy (non-hydrogen) atoms. The Kier molecular flexibility index (Phi) is 15.9. The van der Waals surface area contributed by atoms with Crippen molar-refractivity contribution in [3.8, 4) is 0 Å². The first kappa shape index (κ1) is 20.7. The van der Waals surface area contributed by atoms with Crippen molar-refractivity contribution in [3.05, 3.63) is 12.7 Å². The Morgan fingerprint density at radius 2 is 1.24 bits per heavy atom. The largest absolute Gasteiger partial charge is 0.103 e. The van der Waals surface area contributed by atoms with E-state index in [1.807, 2.05) is 0 Å². The van der Waals surface area contributed by atoms with Crippen LogP contribution in [0, 0.1) is 11.8 Å². The second-order valence-electron chi connectivity index (χ2n) is 7.34. The van der Waals surface area contributed by atoms with E-state index in [0.717, 1.165) is 11.8 Å². The van der Waals surface area contributed by atoms with Gasteiger partial charge in [0.05, 0.1) is 0 Å². The lowest BCUT2D eigenvalue weighted by Crippen LogP contribution is -2.03. The van der Waals surface area contributed by atoms with Gasteiger partial charge in [0.2, 0.25) is 0 Å². The number of hydrogen-bond acceptors (Lipinski definition) is 0. The zero-order valence-electron chi connectivity index (χ0n) is 15.3. The van der Waals surface area contributed by atoms with Crippen molar-refractivity contribution in [2.24, 2.45) is 11.8 Å². The molecule has 0 aromatic heterocycles. The van der Waals surface area contributed by atoms with E-state index in [2.05, 4.69) is 33.4 Å². The van der Waals surface area contributed by atoms with Gasteiger partial charge in [-0.1, -0.05) is 104 Å². The quantitative estimate of drug-likeness (QED) is 0.200. The fraction of sp³-hybridized carbons (Fsp3) is 0.905. The monoisotopic (exact) mass is 294 g/mol. The molecule has 0 fully saturated rings. The van der Waals surface area contributed by atoms with E-state index in [9.17, 15) is 0 Å². The molecule has 0 N–H and O–H groups in total. The summed E-state index contributed by atoms with van der Waals surface area (Å²) in [6.45, 7) is 10.9. The topological polar surface area (TPSA) is 0 Å². The number of unbranched alkanes of at least 4 members (excludes halogenated alkanes) is 10. The van der Waals surface area contributed by atoms with E-state index in [4.69, 9.17) is 0 Å². The van der Waals surface area contributed by atoms with Crippen LogP contribution in [-0.2, 0) is 0 Å². The Morgan fingerprint density at radius 3 is 1.67 bits per heavy atom. The zero-order valence-corrected chi connectivity index (χ0v) is 15.3. The molecular weight excluding hydrogens is 252 g/mol. The summed E-state index contributed by atoms with van der Waals surface area (Å²) in [4.78, 5) is 0. The fourth-order valence-electron chi connectivity index (χ4n) is 3.33. The summed E-state index contributed by atoms with van der Waals surface area (Å²) in [5, 5.41) is 0. The highest BCUT2D eigenvalue weighted by Crippen LogP contribution is 2.22. The van der Waals surface area contributed by atoms with Gasteiger partial charge < -0.3 is 0 Å². The molecular formula is C21H42. The lowest BCUT2D eigenvalue weighted by atomic mass is 9.89. The normalized spacial score (nSPS) is 12.8. The molecule has 0 bridgehead atoms. The van der Waals surface area contributed by atoms with Gasteiger partial charge in [-0.25, -0.2) is 0 Å². The molecule has 0 aliphatic rings. The van der Waals surface area contributed by atoms with Crippen molar-refractivity contribution in [1.82, 2.24) is 0 Å². The second kappa shape index (κ2) is 16.1. The highest BCUT2D eigenvalue weighted by molar-refractivity contribution is 4.74. The van der Waals surface area contributed by atoms with E-state index in [-0.39, 0.29) is 0 Å². The van der Waals surface area contributed by atoms with Gasteiger partial charge in [0.25, 0.3) is 0 Å². The first-order chi connectivity index (χ1) is 10.2. The van der Waals surface area contributed by atoms with Crippen LogP contribution in [0.1, 0.15) is 111 Å². The van der Waals surface area contributed by atoms with Crippen LogP contribution in [0.3, 0.4) is 0 Å². The summed E-state index contributed by atoms with van der Waals surface area (Å²) < 4.78 is 0. The lowest BCUT2D eigenvalue weighted by Gasteiger charge is -2.17. The summed E-state index contributed by atoms with van der Waals surface area (Å²) in [5.41, 5.74) is 0. The third-order valence-corrected chi connectivity index (χ3v) is 4.52. The van der Waals surface area contributed by atoms with E-state index in [1.54, 1.807) is 0 Å². The average molecular weight is 295 g/mol. The predicted octanol–water partition coefficient (Wildman–Crippen LogP) is 7.93. The predicted molar refractivity (Wildman–Crippen MR) is 98.8 cm³/mol. The molecule has 1 atom stereocenters. The smallest absolute Gasteiger partial charge is 0.0325 e. The molecule has 0 amide bonds. The Labute approximate surface area is 135 Å². The summed E-state index contributed by atoms with van der Waals surface area (Å²) in [5.74, 6) is 1.73. The number of rotatable bonds is 16. The first-order valence-electron chi connectivity index (χ1n) is 9.81. The molecule has 0 aromatic rings. The minimum atomic E-state index is 0.836. The van der Waals surface area contributed by atoms with Crippen LogP contribution >= 0.6 is 0 Å². The van der Waals surface area contributed by atoms with E-state index < -0.39 is 0 Å². The molecule has 0 rings (SSSR count). The van der Waals surface area contributed by atoms with Gasteiger partial charge >= 0.3 is 0 Å². The Balaban J connectivity index is 3.31. The van der Waals surface area contributed by atoms with E-state index in [1.165, 1.54) is 89.9 Å². The van der Waals surface area contributed by atoms with Crippen molar-refractivity contribution < 1.29 is 0 Å². The van der Waals surface area contributed by atoms with Crippen molar-refractivity contribution in [3.63, 3.8) is 0 Å². The minimum Gasteiger partial charge on any atom is -0.103 e. The van der Waals surface area contributed by atoms with Crippen molar-refractivity contribution in [2.75, 3.05) is 0 Å². The first-order valence-corrected chi connectivity index (χ1v) is 9.81. The Bertz CT molecular complexity index is 204. The van der Waals surface area contributed by atoms with Gasteiger partial charge in [-0.15, -0.1) is 6.58 Å². The van der Waals surface area contributed by atoms with Crippen LogP contribution in [0.15, 0.2) is 12.7 Å².